The maximum Gasteiger partial charge on any atom is 0.229 e. The minimum Gasteiger partial charge on any atom is -0.381 e. The lowest BCUT2D eigenvalue weighted by Crippen LogP contribution is -2.32. The van der Waals surface area contributed by atoms with Crippen molar-refractivity contribution in [2.75, 3.05) is 36.5 Å². The number of carbonyl (C=O) groups excluding carboxylic acids is 1. The van der Waals surface area contributed by atoms with Gasteiger partial charge in [-0.1, -0.05) is 6.92 Å². The van der Waals surface area contributed by atoms with Crippen molar-refractivity contribution in [3.05, 3.63) is 24.3 Å². The first-order valence-corrected chi connectivity index (χ1v) is 7.96. The number of nitrogens with one attached hydrogen (secondary N) is 1. The minimum atomic E-state index is 0.00765. The lowest BCUT2D eigenvalue weighted by atomic mass is 9.99. The third-order valence-electron chi connectivity index (χ3n) is 4.58. The van der Waals surface area contributed by atoms with Crippen LogP contribution in [-0.2, 0) is 9.53 Å². The van der Waals surface area contributed by atoms with E-state index in [-0.39, 0.29) is 11.8 Å². The smallest absolute Gasteiger partial charge is 0.229 e. The maximum atomic E-state index is 12.0. The molecule has 1 aromatic rings. The van der Waals surface area contributed by atoms with E-state index in [1.54, 1.807) is 0 Å². The van der Waals surface area contributed by atoms with Crippen molar-refractivity contribution in [1.29, 1.82) is 0 Å². The van der Waals surface area contributed by atoms with E-state index in [2.05, 4.69) is 29.3 Å². The summed E-state index contributed by atoms with van der Waals surface area (Å²) in [6, 6.07) is 8.22. The molecule has 1 amide bonds. The summed E-state index contributed by atoms with van der Waals surface area (Å²) in [5.41, 5.74) is 2.13. The van der Waals surface area contributed by atoms with E-state index in [9.17, 15) is 4.79 Å². The molecule has 0 radical (unpaired) electrons. The molecule has 0 aromatic heterocycles. The van der Waals surface area contributed by atoms with Crippen molar-refractivity contribution < 1.29 is 9.53 Å². The second kappa shape index (κ2) is 6.48. The molecule has 4 heteroatoms. The highest BCUT2D eigenvalue weighted by atomic mass is 16.5. The number of ether oxygens (including phenoxy) is 1. The average molecular weight is 288 g/mol. The molecule has 1 unspecified atom stereocenters. The summed E-state index contributed by atoms with van der Waals surface area (Å²) in [5, 5.41) is 2.98. The second-order valence-corrected chi connectivity index (χ2v) is 6.27. The van der Waals surface area contributed by atoms with Gasteiger partial charge in [-0.05, 0) is 49.4 Å². The van der Waals surface area contributed by atoms with Gasteiger partial charge >= 0.3 is 0 Å². The topological polar surface area (TPSA) is 41.6 Å². The van der Waals surface area contributed by atoms with Crippen molar-refractivity contribution in [2.45, 2.75) is 26.2 Å². The van der Waals surface area contributed by atoms with Crippen molar-refractivity contribution in [3.63, 3.8) is 0 Å². The predicted octanol–water partition coefficient (Wildman–Crippen LogP) is 2.90. The fourth-order valence-corrected chi connectivity index (χ4v) is 3.01. The highest BCUT2D eigenvalue weighted by Gasteiger charge is 2.23. The van der Waals surface area contributed by atoms with Crippen LogP contribution in [0.1, 0.15) is 26.2 Å². The number of rotatable bonds is 3. The Bertz CT molecular complexity index is 472. The zero-order chi connectivity index (χ0) is 14.7. The number of amides is 1. The normalized spacial score (nSPS) is 23.3. The summed E-state index contributed by atoms with van der Waals surface area (Å²) in [6.07, 6.45) is 3.36. The molecule has 1 aromatic carbocycles. The number of benzene rings is 1. The number of hydrogen-bond acceptors (Lipinski definition) is 3. The standard InChI is InChI=1S/C17H24N2O2/c1-13-6-9-19(10-7-13)16-4-2-15(3-5-16)18-17(20)14-8-11-21-12-14/h2-5,13-14H,6-12H2,1H3,(H,18,20). The third-order valence-corrected chi connectivity index (χ3v) is 4.58. The van der Waals surface area contributed by atoms with Crippen molar-refractivity contribution in [2.24, 2.45) is 11.8 Å². The Morgan fingerprint density at radius 2 is 1.90 bits per heavy atom. The van der Waals surface area contributed by atoms with Crippen LogP contribution < -0.4 is 10.2 Å². The summed E-state index contributed by atoms with van der Waals surface area (Å²) >= 11 is 0. The lowest BCUT2D eigenvalue weighted by Gasteiger charge is -2.32. The van der Waals surface area contributed by atoms with E-state index < -0.39 is 0 Å². The highest BCUT2D eigenvalue weighted by Crippen LogP contribution is 2.24. The second-order valence-electron chi connectivity index (χ2n) is 6.27. The fourth-order valence-electron chi connectivity index (χ4n) is 3.01. The van der Waals surface area contributed by atoms with Gasteiger partial charge in [-0.3, -0.25) is 4.79 Å². The van der Waals surface area contributed by atoms with Crippen LogP contribution in [-0.4, -0.2) is 32.2 Å². The molecule has 2 saturated heterocycles. The van der Waals surface area contributed by atoms with Crippen molar-refractivity contribution >= 4 is 17.3 Å². The summed E-state index contributed by atoms with van der Waals surface area (Å²) in [4.78, 5) is 14.5. The van der Waals surface area contributed by atoms with Crippen molar-refractivity contribution in [3.8, 4) is 0 Å². The van der Waals surface area contributed by atoms with E-state index in [0.29, 0.717) is 13.2 Å². The molecule has 0 bridgehead atoms. The zero-order valence-corrected chi connectivity index (χ0v) is 12.7. The van der Waals surface area contributed by atoms with E-state index in [1.807, 2.05) is 12.1 Å². The van der Waals surface area contributed by atoms with Gasteiger partial charge in [0, 0.05) is 31.1 Å². The molecular weight excluding hydrogens is 264 g/mol. The molecule has 4 nitrogen and oxygen atoms in total. The van der Waals surface area contributed by atoms with Gasteiger partial charge in [0.25, 0.3) is 0 Å². The molecule has 2 fully saturated rings. The van der Waals surface area contributed by atoms with Gasteiger partial charge in [0.15, 0.2) is 0 Å². The number of hydrogen-bond donors (Lipinski definition) is 1. The Morgan fingerprint density at radius 3 is 2.52 bits per heavy atom. The van der Waals surface area contributed by atoms with Crippen LogP contribution in [0.2, 0.25) is 0 Å². The number of anilines is 2. The van der Waals surface area contributed by atoms with E-state index in [4.69, 9.17) is 4.74 Å². The first-order chi connectivity index (χ1) is 10.2. The highest BCUT2D eigenvalue weighted by molar-refractivity contribution is 5.92. The summed E-state index contributed by atoms with van der Waals surface area (Å²) < 4.78 is 5.26. The average Bonchev–Trinajstić information content (AvgIpc) is 3.03. The lowest BCUT2D eigenvalue weighted by molar-refractivity contribution is -0.119. The Morgan fingerprint density at radius 1 is 1.19 bits per heavy atom. The van der Waals surface area contributed by atoms with Gasteiger partial charge in [0.05, 0.1) is 12.5 Å². The molecule has 1 N–H and O–H groups in total. The van der Waals surface area contributed by atoms with Crippen LogP contribution in [0.5, 0.6) is 0 Å². The van der Waals surface area contributed by atoms with Gasteiger partial charge in [-0.2, -0.15) is 0 Å². The van der Waals surface area contributed by atoms with Crippen LogP contribution in [0, 0.1) is 11.8 Å². The number of carbonyl (C=O) groups is 1. The molecule has 0 spiro atoms. The first-order valence-electron chi connectivity index (χ1n) is 7.96. The van der Waals surface area contributed by atoms with Gasteiger partial charge in [-0.15, -0.1) is 0 Å². The Labute approximate surface area is 126 Å². The Balaban J connectivity index is 1.57. The maximum absolute atomic E-state index is 12.0. The molecule has 114 valence electrons. The minimum absolute atomic E-state index is 0.00765. The third kappa shape index (κ3) is 3.56. The Hall–Kier alpha value is -1.55. The Kier molecular flexibility index (Phi) is 4.44. The van der Waals surface area contributed by atoms with E-state index >= 15 is 0 Å². The van der Waals surface area contributed by atoms with Gasteiger partial charge in [0.1, 0.15) is 0 Å². The zero-order valence-electron chi connectivity index (χ0n) is 12.7. The molecule has 2 aliphatic rings. The summed E-state index contributed by atoms with van der Waals surface area (Å²) in [6.45, 7) is 5.83. The first kappa shape index (κ1) is 14.4. The van der Waals surface area contributed by atoms with Crippen molar-refractivity contribution in [1.82, 2.24) is 0 Å². The van der Waals surface area contributed by atoms with E-state index in [0.717, 1.165) is 31.1 Å². The molecule has 2 aliphatic heterocycles. The number of nitrogens with zero attached hydrogens (tertiary/aromatic N) is 1. The molecule has 0 aliphatic carbocycles. The van der Waals surface area contributed by atoms with E-state index in [1.165, 1.54) is 18.5 Å². The summed E-state index contributed by atoms with van der Waals surface area (Å²) in [7, 11) is 0. The van der Waals surface area contributed by atoms with Crippen LogP contribution in [0.15, 0.2) is 24.3 Å². The molecule has 0 saturated carbocycles. The van der Waals surface area contributed by atoms with Crippen LogP contribution in [0.4, 0.5) is 11.4 Å². The predicted molar refractivity (Wildman–Crippen MR) is 84.6 cm³/mol. The van der Waals surface area contributed by atoms with Crippen LogP contribution >= 0.6 is 0 Å². The number of piperidine rings is 1. The SMILES string of the molecule is CC1CCN(c2ccc(NC(=O)C3CCOC3)cc2)CC1. The molecule has 21 heavy (non-hydrogen) atoms. The van der Waals surface area contributed by atoms with Crippen LogP contribution in [0.3, 0.4) is 0 Å². The van der Waals surface area contributed by atoms with Gasteiger partial charge in [0.2, 0.25) is 5.91 Å². The van der Waals surface area contributed by atoms with Crippen LogP contribution in [0.25, 0.3) is 0 Å². The molecule has 3 rings (SSSR count). The largest absolute Gasteiger partial charge is 0.381 e. The summed E-state index contributed by atoms with van der Waals surface area (Å²) in [5.74, 6) is 0.925. The van der Waals surface area contributed by atoms with Gasteiger partial charge < -0.3 is 15.0 Å². The van der Waals surface area contributed by atoms with Gasteiger partial charge in [-0.25, -0.2) is 0 Å². The molecular formula is C17H24N2O2. The quantitative estimate of drug-likeness (QED) is 0.930. The molecule has 1 atom stereocenters. The fraction of sp³-hybridized carbons (Fsp3) is 0.588. The monoisotopic (exact) mass is 288 g/mol. The molecule has 2 heterocycles.